The van der Waals surface area contributed by atoms with Crippen LogP contribution in [0.3, 0.4) is 0 Å². The molecule has 3 rings (SSSR count). The van der Waals surface area contributed by atoms with Gasteiger partial charge in [-0.1, -0.05) is 42.5 Å². The quantitative estimate of drug-likeness (QED) is 0.445. The molecule has 2 aromatic carbocycles. The van der Waals surface area contributed by atoms with Crippen LogP contribution in [-0.2, 0) is 11.3 Å². The first-order valence-corrected chi connectivity index (χ1v) is 10.9. The van der Waals surface area contributed by atoms with Gasteiger partial charge in [-0.15, -0.1) is 0 Å². The van der Waals surface area contributed by atoms with Crippen LogP contribution in [0.4, 0.5) is 10.5 Å². The Hall–Kier alpha value is -3.06. The van der Waals surface area contributed by atoms with E-state index in [1.165, 1.54) is 25.5 Å². The van der Waals surface area contributed by atoms with E-state index in [0.29, 0.717) is 18.3 Å². The summed E-state index contributed by atoms with van der Waals surface area (Å²) >= 11 is 0. The summed E-state index contributed by atoms with van der Waals surface area (Å²) in [7, 11) is 1.35. The van der Waals surface area contributed by atoms with Crippen LogP contribution >= 0.6 is 0 Å². The third kappa shape index (κ3) is 7.00. The fourth-order valence-electron chi connectivity index (χ4n) is 3.75. The summed E-state index contributed by atoms with van der Waals surface area (Å²) in [5, 5.41) is 9.53. The molecule has 166 valence electrons. The first-order chi connectivity index (χ1) is 15.2. The van der Waals surface area contributed by atoms with Gasteiger partial charge in [0.15, 0.2) is 5.96 Å². The van der Waals surface area contributed by atoms with Crippen molar-refractivity contribution in [2.45, 2.75) is 32.4 Å². The molecule has 0 saturated carbocycles. The average Bonchev–Trinajstić information content (AvgIpc) is 3.33. The van der Waals surface area contributed by atoms with Crippen molar-refractivity contribution in [3.63, 3.8) is 0 Å². The SMILES string of the molecule is CCNC(=NCc1ccc(NC(=O)OC)cc1)NCC(c1ccccc1)N1CCCC1. The molecule has 0 spiro atoms. The third-order valence-electron chi connectivity index (χ3n) is 5.38. The highest BCUT2D eigenvalue weighted by atomic mass is 16.5. The van der Waals surface area contributed by atoms with Crippen molar-refractivity contribution < 1.29 is 9.53 Å². The van der Waals surface area contributed by atoms with Gasteiger partial charge < -0.3 is 15.4 Å². The van der Waals surface area contributed by atoms with Crippen LogP contribution in [0.2, 0.25) is 0 Å². The Labute approximate surface area is 184 Å². The Morgan fingerprint density at radius 1 is 1.06 bits per heavy atom. The smallest absolute Gasteiger partial charge is 0.411 e. The lowest BCUT2D eigenvalue weighted by molar-refractivity contribution is 0.187. The zero-order valence-corrected chi connectivity index (χ0v) is 18.4. The molecule has 1 atom stereocenters. The number of carbonyl (C=O) groups is 1. The van der Waals surface area contributed by atoms with Gasteiger partial charge in [-0.2, -0.15) is 0 Å². The number of anilines is 1. The van der Waals surface area contributed by atoms with E-state index < -0.39 is 6.09 Å². The lowest BCUT2D eigenvalue weighted by Crippen LogP contribution is -2.42. The molecule has 0 radical (unpaired) electrons. The minimum Gasteiger partial charge on any atom is -0.453 e. The van der Waals surface area contributed by atoms with Gasteiger partial charge >= 0.3 is 6.09 Å². The van der Waals surface area contributed by atoms with E-state index in [4.69, 9.17) is 4.99 Å². The summed E-state index contributed by atoms with van der Waals surface area (Å²) in [6, 6.07) is 18.6. The lowest BCUT2D eigenvalue weighted by Gasteiger charge is -2.29. The molecule has 1 heterocycles. The number of carbonyl (C=O) groups excluding carboxylic acids is 1. The zero-order chi connectivity index (χ0) is 21.9. The van der Waals surface area contributed by atoms with Gasteiger partial charge in [0.2, 0.25) is 0 Å². The Bertz CT molecular complexity index is 833. The molecule has 2 aromatic rings. The normalized spacial score (nSPS) is 15.4. The van der Waals surface area contributed by atoms with E-state index in [2.05, 4.69) is 62.8 Å². The first-order valence-electron chi connectivity index (χ1n) is 10.9. The highest BCUT2D eigenvalue weighted by Crippen LogP contribution is 2.24. The van der Waals surface area contributed by atoms with Crippen molar-refractivity contribution in [3.8, 4) is 0 Å². The lowest BCUT2D eigenvalue weighted by atomic mass is 10.1. The molecule has 0 aromatic heterocycles. The standard InChI is InChI=1S/C24H33N5O2/c1-3-25-23(26-17-19-11-13-21(14-12-19)28-24(30)31-2)27-18-22(29-15-7-8-16-29)20-9-5-4-6-10-20/h4-6,9-14,22H,3,7-8,15-18H2,1-2H3,(H,28,30)(H2,25,26,27). The summed E-state index contributed by atoms with van der Waals surface area (Å²) in [5.41, 5.74) is 3.09. The molecule has 1 fully saturated rings. The highest BCUT2D eigenvalue weighted by Gasteiger charge is 2.23. The maximum Gasteiger partial charge on any atom is 0.411 e. The fourth-order valence-corrected chi connectivity index (χ4v) is 3.75. The average molecular weight is 424 g/mol. The van der Waals surface area contributed by atoms with Gasteiger partial charge in [-0.05, 0) is 56.1 Å². The second-order valence-electron chi connectivity index (χ2n) is 7.56. The van der Waals surface area contributed by atoms with Crippen molar-refractivity contribution in [2.24, 2.45) is 4.99 Å². The molecule has 0 bridgehead atoms. The van der Waals surface area contributed by atoms with Gasteiger partial charge in [-0.3, -0.25) is 10.2 Å². The molecular weight excluding hydrogens is 390 g/mol. The Kier molecular flexibility index (Phi) is 8.72. The maximum atomic E-state index is 11.3. The molecule has 1 amide bonds. The van der Waals surface area contributed by atoms with E-state index in [1.54, 1.807) is 0 Å². The fraction of sp³-hybridized carbons (Fsp3) is 0.417. The number of methoxy groups -OCH3 is 1. The topological polar surface area (TPSA) is 78.0 Å². The van der Waals surface area contributed by atoms with Crippen LogP contribution in [0.5, 0.6) is 0 Å². The predicted molar refractivity (Wildman–Crippen MR) is 125 cm³/mol. The molecular formula is C24H33N5O2. The van der Waals surface area contributed by atoms with Crippen molar-refractivity contribution in [1.82, 2.24) is 15.5 Å². The van der Waals surface area contributed by atoms with Gasteiger partial charge in [0, 0.05) is 18.8 Å². The number of benzene rings is 2. The van der Waals surface area contributed by atoms with E-state index in [-0.39, 0.29) is 0 Å². The summed E-state index contributed by atoms with van der Waals surface area (Å²) < 4.78 is 4.61. The van der Waals surface area contributed by atoms with Crippen LogP contribution in [-0.4, -0.2) is 50.2 Å². The number of guanidine groups is 1. The van der Waals surface area contributed by atoms with Crippen molar-refractivity contribution in [2.75, 3.05) is 38.6 Å². The van der Waals surface area contributed by atoms with Gasteiger partial charge in [-0.25, -0.2) is 9.79 Å². The Morgan fingerprint density at radius 3 is 2.42 bits per heavy atom. The highest BCUT2D eigenvalue weighted by molar-refractivity contribution is 5.84. The second-order valence-corrected chi connectivity index (χ2v) is 7.56. The van der Waals surface area contributed by atoms with E-state index in [1.807, 2.05) is 24.3 Å². The molecule has 7 heteroatoms. The minimum atomic E-state index is -0.477. The molecule has 1 saturated heterocycles. The Balaban J connectivity index is 1.62. The van der Waals surface area contributed by atoms with Gasteiger partial charge in [0.1, 0.15) is 0 Å². The number of aliphatic imine (C=N–C) groups is 1. The van der Waals surface area contributed by atoms with Crippen LogP contribution in [0.1, 0.15) is 36.9 Å². The van der Waals surface area contributed by atoms with E-state index in [0.717, 1.165) is 37.7 Å². The Morgan fingerprint density at radius 2 is 1.77 bits per heavy atom. The summed E-state index contributed by atoms with van der Waals surface area (Å²) in [4.78, 5) is 18.6. The number of nitrogens with zero attached hydrogens (tertiary/aromatic N) is 2. The number of hydrogen-bond donors (Lipinski definition) is 3. The molecule has 3 N–H and O–H groups in total. The van der Waals surface area contributed by atoms with E-state index >= 15 is 0 Å². The van der Waals surface area contributed by atoms with Crippen molar-refractivity contribution >= 4 is 17.7 Å². The first kappa shape index (κ1) is 22.6. The van der Waals surface area contributed by atoms with Gasteiger partial charge in [0.25, 0.3) is 0 Å². The van der Waals surface area contributed by atoms with Gasteiger partial charge in [0.05, 0.1) is 19.7 Å². The summed E-state index contributed by atoms with van der Waals surface area (Å²) in [6.07, 6.45) is 2.05. The van der Waals surface area contributed by atoms with Crippen molar-refractivity contribution in [3.05, 3.63) is 65.7 Å². The van der Waals surface area contributed by atoms with Crippen molar-refractivity contribution in [1.29, 1.82) is 0 Å². The second kappa shape index (κ2) is 12.0. The number of hydrogen-bond acceptors (Lipinski definition) is 4. The monoisotopic (exact) mass is 423 g/mol. The number of likely N-dealkylation sites (tertiary alicyclic amines) is 1. The predicted octanol–water partition coefficient (Wildman–Crippen LogP) is 3.76. The summed E-state index contributed by atoms with van der Waals surface area (Å²) in [6.45, 7) is 6.50. The van der Waals surface area contributed by atoms with Crippen LogP contribution < -0.4 is 16.0 Å². The van der Waals surface area contributed by atoms with E-state index in [9.17, 15) is 4.79 Å². The third-order valence-corrected chi connectivity index (χ3v) is 5.38. The van der Waals surface area contributed by atoms with Crippen LogP contribution in [0.25, 0.3) is 0 Å². The minimum absolute atomic E-state index is 0.330. The zero-order valence-electron chi connectivity index (χ0n) is 18.4. The summed E-state index contributed by atoms with van der Waals surface area (Å²) in [5.74, 6) is 0.805. The number of rotatable bonds is 8. The molecule has 1 unspecified atom stereocenters. The van der Waals surface area contributed by atoms with Crippen LogP contribution in [0, 0.1) is 0 Å². The number of amides is 1. The van der Waals surface area contributed by atoms with Crippen LogP contribution in [0.15, 0.2) is 59.6 Å². The largest absolute Gasteiger partial charge is 0.453 e. The number of nitrogens with one attached hydrogen (secondary N) is 3. The molecule has 0 aliphatic carbocycles. The maximum absolute atomic E-state index is 11.3. The molecule has 31 heavy (non-hydrogen) atoms. The molecule has 1 aliphatic rings. The number of ether oxygens (including phenoxy) is 1. The molecule has 1 aliphatic heterocycles. The molecule has 7 nitrogen and oxygen atoms in total.